The number of hydrogen-bond acceptors (Lipinski definition) is 6. The van der Waals surface area contributed by atoms with Crippen molar-refractivity contribution in [3.63, 3.8) is 0 Å². The van der Waals surface area contributed by atoms with E-state index in [0.717, 1.165) is 10.6 Å². The van der Waals surface area contributed by atoms with Gasteiger partial charge in [0.25, 0.3) is 0 Å². The molecule has 0 radical (unpaired) electrons. The number of hydrogen-bond donors (Lipinski definition) is 1. The normalized spacial score (nSPS) is 11.0. The Balaban J connectivity index is 1.54. The van der Waals surface area contributed by atoms with Gasteiger partial charge in [-0.2, -0.15) is 8.78 Å². The van der Waals surface area contributed by atoms with Crippen LogP contribution < -0.4 is 10.1 Å². The highest BCUT2D eigenvalue weighted by atomic mass is 35.5. The van der Waals surface area contributed by atoms with Crippen molar-refractivity contribution >= 4 is 46.3 Å². The number of amides is 1. The summed E-state index contributed by atoms with van der Waals surface area (Å²) < 4.78 is 31.5. The molecule has 0 spiro atoms. The third-order valence-electron chi connectivity index (χ3n) is 4.17. The van der Waals surface area contributed by atoms with Gasteiger partial charge in [0, 0.05) is 10.7 Å². The predicted octanol–water partition coefficient (Wildman–Crippen LogP) is 5.98. The van der Waals surface area contributed by atoms with Crippen LogP contribution in [0.3, 0.4) is 0 Å². The first-order valence-corrected chi connectivity index (χ1v) is 11.5. The number of carbonyl (C=O) groups is 1. The molecule has 0 aliphatic heterocycles. The Hall–Kier alpha value is -2.95. The number of halogens is 3. The van der Waals surface area contributed by atoms with Crippen molar-refractivity contribution in [2.45, 2.75) is 11.8 Å². The van der Waals surface area contributed by atoms with Gasteiger partial charge in [0.15, 0.2) is 11.0 Å². The largest absolute Gasteiger partial charge is 0.433 e. The fourth-order valence-electron chi connectivity index (χ4n) is 2.84. The second-order valence-electron chi connectivity index (χ2n) is 6.31. The molecule has 4 rings (SSSR count). The first-order valence-electron chi connectivity index (χ1n) is 9.23. The molecule has 11 heteroatoms. The van der Waals surface area contributed by atoms with Gasteiger partial charge in [-0.15, -0.1) is 21.5 Å². The first-order chi connectivity index (χ1) is 15.5. The summed E-state index contributed by atoms with van der Waals surface area (Å²) in [5.41, 5.74) is 0.957. The molecule has 0 fully saturated rings. The minimum atomic E-state index is -2.99. The molecule has 0 aliphatic rings. The van der Waals surface area contributed by atoms with Crippen molar-refractivity contribution < 1.29 is 18.3 Å². The number of thioether (sulfide) groups is 1. The number of anilines is 1. The fraction of sp³-hybridized carbons (Fsp3) is 0.0952. The maximum atomic E-state index is 12.6. The molecule has 32 heavy (non-hydrogen) atoms. The second-order valence-corrected chi connectivity index (χ2v) is 8.63. The first kappa shape index (κ1) is 22.3. The van der Waals surface area contributed by atoms with E-state index in [1.807, 2.05) is 34.2 Å². The van der Waals surface area contributed by atoms with Crippen LogP contribution in [0, 0.1) is 0 Å². The standard InChI is InChI=1S/C21H15ClF2N4O2S2/c22-13-7-9-14(10-8-13)28-19(17-6-3-11-31-17)26-27-21(28)32-12-18(29)25-15-4-1-2-5-16(15)30-20(23)24/h1-11,20H,12H2,(H,25,29). The zero-order valence-electron chi connectivity index (χ0n) is 16.2. The van der Waals surface area contributed by atoms with Gasteiger partial charge in [-0.3, -0.25) is 9.36 Å². The van der Waals surface area contributed by atoms with Crippen molar-refractivity contribution in [1.82, 2.24) is 14.8 Å². The number of aromatic nitrogens is 3. The summed E-state index contributed by atoms with van der Waals surface area (Å²) >= 11 is 8.71. The van der Waals surface area contributed by atoms with Crippen molar-refractivity contribution in [2.75, 3.05) is 11.1 Å². The van der Waals surface area contributed by atoms with Gasteiger partial charge in [0.2, 0.25) is 5.91 Å². The van der Waals surface area contributed by atoms with Gasteiger partial charge in [-0.25, -0.2) is 0 Å². The Labute approximate surface area is 195 Å². The lowest BCUT2D eigenvalue weighted by Crippen LogP contribution is -2.16. The van der Waals surface area contributed by atoms with Gasteiger partial charge in [0.1, 0.15) is 5.75 Å². The highest BCUT2D eigenvalue weighted by molar-refractivity contribution is 7.99. The molecule has 0 saturated heterocycles. The van der Waals surface area contributed by atoms with E-state index in [9.17, 15) is 13.6 Å². The van der Waals surface area contributed by atoms with E-state index < -0.39 is 12.5 Å². The Morgan fingerprint density at radius 1 is 1.12 bits per heavy atom. The molecule has 2 aromatic heterocycles. The quantitative estimate of drug-likeness (QED) is 0.306. The van der Waals surface area contributed by atoms with Crippen molar-refractivity contribution in [2.24, 2.45) is 0 Å². The van der Waals surface area contributed by atoms with Crippen LogP contribution in [-0.4, -0.2) is 33.0 Å². The molecule has 0 bridgehead atoms. The van der Waals surface area contributed by atoms with Crippen LogP contribution in [0.25, 0.3) is 16.4 Å². The average molecular weight is 493 g/mol. The van der Waals surface area contributed by atoms with Crippen LogP contribution in [0.1, 0.15) is 0 Å². The van der Waals surface area contributed by atoms with Gasteiger partial charge in [-0.1, -0.05) is 41.6 Å². The smallest absolute Gasteiger partial charge is 0.387 e. The maximum absolute atomic E-state index is 12.6. The van der Waals surface area contributed by atoms with Crippen molar-refractivity contribution in [1.29, 1.82) is 0 Å². The third-order valence-corrected chi connectivity index (χ3v) is 6.22. The fourth-order valence-corrected chi connectivity index (χ4v) is 4.41. The lowest BCUT2D eigenvalue weighted by atomic mass is 10.3. The SMILES string of the molecule is O=C(CSc1nnc(-c2cccs2)n1-c1ccc(Cl)cc1)Nc1ccccc1OC(F)F. The number of para-hydroxylation sites is 2. The lowest BCUT2D eigenvalue weighted by Gasteiger charge is -2.12. The summed E-state index contributed by atoms with van der Waals surface area (Å²) in [6.07, 6.45) is 0. The minimum Gasteiger partial charge on any atom is -0.433 e. The predicted molar refractivity (Wildman–Crippen MR) is 122 cm³/mol. The van der Waals surface area contributed by atoms with E-state index in [1.54, 1.807) is 24.3 Å². The molecule has 0 unspecified atom stereocenters. The Morgan fingerprint density at radius 3 is 2.62 bits per heavy atom. The molecular formula is C21H15ClF2N4O2S2. The highest BCUT2D eigenvalue weighted by Gasteiger charge is 2.19. The number of nitrogens with zero attached hydrogens (tertiary/aromatic N) is 3. The van der Waals surface area contributed by atoms with E-state index in [-0.39, 0.29) is 17.2 Å². The molecule has 2 heterocycles. The van der Waals surface area contributed by atoms with Crippen LogP contribution in [-0.2, 0) is 4.79 Å². The Morgan fingerprint density at radius 2 is 1.91 bits per heavy atom. The Kier molecular flexibility index (Phi) is 7.03. The van der Waals surface area contributed by atoms with Crippen molar-refractivity contribution in [3.8, 4) is 22.1 Å². The molecule has 0 saturated carbocycles. The molecule has 0 atom stereocenters. The van der Waals surface area contributed by atoms with Crippen LogP contribution in [0.5, 0.6) is 5.75 Å². The molecule has 1 N–H and O–H groups in total. The van der Waals surface area contributed by atoms with E-state index in [4.69, 9.17) is 11.6 Å². The summed E-state index contributed by atoms with van der Waals surface area (Å²) in [5, 5.41) is 14.2. The number of ether oxygens (including phenoxy) is 1. The third kappa shape index (κ3) is 5.26. The van der Waals surface area contributed by atoms with Crippen LogP contribution >= 0.6 is 34.7 Å². The zero-order chi connectivity index (χ0) is 22.5. The average Bonchev–Trinajstić information content (AvgIpc) is 3.44. The number of alkyl halides is 2. The summed E-state index contributed by atoms with van der Waals surface area (Å²) in [6.45, 7) is -2.99. The minimum absolute atomic E-state index is 0.0147. The number of benzene rings is 2. The van der Waals surface area contributed by atoms with Crippen LogP contribution in [0.4, 0.5) is 14.5 Å². The summed E-state index contributed by atoms with van der Waals surface area (Å²) in [7, 11) is 0. The lowest BCUT2D eigenvalue weighted by molar-refractivity contribution is -0.113. The number of nitrogens with one attached hydrogen (secondary N) is 1. The maximum Gasteiger partial charge on any atom is 0.387 e. The molecule has 2 aromatic carbocycles. The topological polar surface area (TPSA) is 69.0 Å². The van der Waals surface area contributed by atoms with E-state index in [1.165, 1.54) is 35.2 Å². The molecule has 4 aromatic rings. The molecule has 6 nitrogen and oxygen atoms in total. The zero-order valence-corrected chi connectivity index (χ0v) is 18.6. The molecule has 1 amide bonds. The van der Waals surface area contributed by atoms with Gasteiger partial charge in [-0.05, 0) is 47.8 Å². The number of carbonyl (C=O) groups excluding carboxylic acids is 1. The monoisotopic (exact) mass is 492 g/mol. The molecular weight excluding hydrogens is 478 g/mol. The van der Waals surface area contributed by atoms with Gasteiger partial charge in [0.05, 0.1) is 16.3 Å². The molecule has 0 aliphatic carbocycles. The summed E-state index contributed by atoms with van der Waals surface area (Å²) in [4.78, 5) is 13.4. The van der Waals surface area contributed by atoms with Crippen LogP contribution in [0.15, 0.2) is 71.2 Å². The highest BCUT2D eigenvalue weighted by Crippen LogP contribution is 2.31. The summed E-state index contributed by atoms with van der Waals surface area (Å²) in [5.74, 6) is 0.119. The summed E-state index contributed by atoms with van der Waals surface area (Å²) in [6, 6.07) is 17.1. The van der Waals surface area contributed by atoms with E-state index in [0.29, 0.717) is 16.0 Å². The molecule has 164 valence electrons. The second kappa shape index (κ2) is 10.1. The number of thiophene rings is 1. The van der Waals surface area contributed by atoms with Gasteiger partial charge >= 0.3 is 6.61 Å². The van der Waals surface area contributed by atoms with Gasteiger partial charge < -0.3 is 10.1 Å². The Bertz CT molecular complexity index is 1200. The number of rotatable bonds is 8. The van der Waals surface area contributed by atoms with Crippen LogP contribution in [0.2, 0.25) is 5.02 Å². The van der Waals surface area contributed by atoms with Crippen molar-refractivity contribution in [3.05, 3.63) is 71.1 Å². The van der Waals surface area contributed by atoms with E-state index >= 15 is 0 Å². The van der Waals surface area contributed by atoms with E-state index in [2.05, 4.69) is 20.3 Å².